The van der Waals surface area contributed by atoms with Gasteiger partial charge in [0.05, 0.1) is 5.92 Å². The lowest BCUT2D eigenvalue weighted by molar-refractivity contribution is -0.157. The van der Waals surface area contributed by atoms with Gasteiger partial charge in [-0.05, 0) is 45.7 Å². The van der Waals surface area contributed by atoms with E-state index < -0.39 is 52.4 Å². The van der Waals surface area contributed by atoms with E-state index in [-0.39, 0.29) is 18.4 Å². The fourth-order valence-corrected chi connectivity index (χ4v) is 3.54. The van der Waals surface area contributed by atoms with Gasteiger partial charge in [0.15, 0.2) is 11.6 Å². The first kappa shape index (κ1) is 16.1. The van der Waals surface area contributed by atoms with Crippen molar-refractivity contribution in [3.05, 3.63) is 29.1 Å². The lowest BCUT2D eigenvalue weighted by Gasteiger charge is -2.33. The second-order valence-electron chi connectivity index (χ2n) is 7.47. The maximum Gasteiger partial charge on any atom is 0.310 e. The maximum atomic E-state index is 14.4. The predicted octanol–water partition coefficient (Wildman–Crippen LogP) is 4.02. The minimum absolute atomic E-state index is 0.00270. The Labute approximate surface area is 132 Å². The zero-order valence-corrected chi connectivity index (χ0v) is 13.3. The number of rotatable bonds is 1. The third-order valence-corrected chi connectivity index (χ3v) is 4.67. The van der Waals surface area contributed by atoms with Crippen molar-refractivity contribution < 1.29 is 27.8 Å². The van der Waals surface area contributed by atoms with Crippen LogP contribution < -0.4 is 0 Å². The molecule has 23 heavy (non-hydrogen) atoms. The van der Waals surface area contributed by atoms with E-state index in [1.807, 2.05) is 0 Å². The summed E-state index contributed by atoms with van der Waals surface area (Å²) in [7, 11) is 0. The number of phenolic OH excluding ortho intramolecular Hbond substituents is 1. The van der Waals surface area contributed by atoms with E-state index in [9.17, 15) is 23.1 Å². The fourth-order valence-electron chi connectivity index (χ4n) is 3.54. The molecule has 1 saturated carbocycles. The summed E-state index contributed by atoms with van der Waals surface area (Å²) in [5.74, 6) is -6.02. The number of benzene rings is 1. The highest BCUT2D eigenvalue weighted by molar-refractivity contribution is 5.80. The van der Waals surface area contributed by atoms with Gasteiger partial charge in [0.2, 0.25) is 0 Å². The van der Waals surface area contributed by atoms with Crippen molar-refractivity contribution in [3.8, 4) is 5.75 Å². The Balaban J connectivity index is 2.02. The Morgan fingerprint density at radius 1 is 1.30 bits per heavy atom. The quantitative estimate of drug-likeness (QED) is 0.792. The van der Waals surface area contributed by atoms with Gasteiger partial charge in [-0.3, -0.25) is 4.79 Å². The largest absolute Gasteiger partial charge is 0.505 e. The van der Waals surface area contributed by atoms with Crippen LogP contribution in [0.4, 0.5) is 13.2 Å². The van der Waals surface area contributed by atoms with E-state index in [4.69, 9.17) is 4.74 Å². The molecule has 2 aliphatic carbocycles. The lowest BCUT2D eigenvalue weighted by Crippen LogP contribution is -2.33. The highest BCUT2D eigenvalue weighted by Gasteiger charge is 2.66. The van der Waals surface area contributed by atoms with Crippen molar-refractivity contribution >= 4 is 5.97 Å². The van der Waals surface area contributed by atoms with Crippen molar-refractivity contribution in [2.75, 3.05) is 0 Å². The number of carbonyl (C=O) groups excluding carboxylic acids is 1. The molecule has 1 aromatic rings. The molecule has 3 nitrogen and oxygen atoms in total. The molecule has 0 aromatic heterocycles. The van der Waals surface area contributed by atoms with Crippen LogP contribution in [0.1, 0.15) is 51.2 Å². The van der Waals surface area contributed by atoms with Crippen molar-refractivity contribution in [1.29, 1.82) is 0 Å². The van der Waals surface area contributed by atoms with Crippen molar-refractivity contribution in [2.45, 2.75) is 57.0 Å². The summed E-state index contributed by atoms with van der Waals surface area (Å²) in [4.78, 5) is 12.3. The summed E-state index contributed by atoms with van der Waals surface area (Å²) in [5.41, 5.74) is -2.32. The van der Waals surface area contributed by atoms with Crippen LogP contribution in [0.15, 0.2) is 12.1 Å². The number of halogens is 3. The van der Waals surface area contributed by atoms with Gasteiger partial charge in [0.1, 0.15) is 5.60 Å². The molecule has 6 heteroatoms. The smallest absolute Gasteiger partial charge is 0.310 e. The van der Waals surface area contributed by atoms with Crippen molar-refractivity contribution in [3.63, 3.8) is 0 Å². The summed E-state index contributed by atoms with van der Waals surface area (Å²) in [6.45, 7) is 5.15. The fraction of sp³-hybridized carbons (Fsp3) is 0.588. The molecule has 1 aromatic carbocycles. The maximum absolute atomic E-state index is 14.4. The Hall–Kier alpha value is -1.72. The SMILES string of the molecule is CC(C)(C)OC(=O)[C@@H]1C[C@]12CCC(F)(F)c1ccc(O)c(F)c12. The van der Waals surface area contributed by atoms with Gasteiger partial charge >= 0.3 is 5.97 Å². The van der Waals surface area contributed by atoms with Gasteiger partial charge in [-0.25, -0.2) is 13.2 Å². The summed E-state index contributed by atoms with van der Waals surface area (Å²) in [6.07, 6.45) is -0.174. The van der Waals surface area contributed by atoms with Crippen LogP contribution in [0.25, 0.3) is 0 Å². The first-order chi connectivity index (χ1) is 10.5. The summed E-state index contributed by atoms with van der Waals surface area (Å²) in [5, 5.41) is 9.58. The second-order valence-corrected chi connectivity index (χ2v) is 7.47. The second kappa shape index (κ2) is 4.65. The zero-order chi connectivity index (χ0) is 17.2. The highest BCUT2D eigenvalue weighted by Crippen LogP contribution is 2.65. The molecule has 2 aliphatic rings. The monoisotopic (exact) mass is 328 g/mol. The van der Waals surface area contributed by atoms with E-state index in [0.717, 1.165) is 12.1 Å². The predicted molar refractivity (Wildman–Crippen MR) is 76.8 cm³/mol. The van der Waals surface area contributed by atoms with Gasteiger partial charge in [-0.15, -0.1) is 0 Å². The normalized spacial score (nSPS) is 28.3. The third kappa shape index (κ3) is 2.48. The van der Waals surface area contributed by atoms with Crippen LogP contribution in [-0.4, -0.2) is 16.7 Å². The average Bonchev–Trinajstić information content (AvgIpc) is 3.12. The molecule has 1 N–H and O–H groups in total. The molecular weight excluding hydrogens is 309 g/mol. The number of alkyl halides is 2. The molecule has 0 saturated heterocycles. The van der Waals surface area contributed by atoms with E-state index in [1.54, 1.807) is 20.8 Å². The van der Waals surface area contributed by atoms with E-state index in [1.165, 1.54) is 0 Å². The van der Waals surface area contributed by atoms with Gasteiger partial charge < -0.3 is 9.84 Å². The van der Waals surface area contributed by atoms with Crippen molar-refractivity contribution in [2.24, 2.45) is 5.92 Å². The molecule has 2 atom stereocenters. The van der Waals surface area contributed by atoms with Crippen molar-refractivity contribution in [1.82, 2.24) is 0 Å². The minimum atomic E-state index is -3.16. The lowest BCUT2D eigenvalue weighted by atomic mass is 9.76. The van der Waals surface area contributed by atoms with Crippen LogP contribution >= 0.6 is 0 Å². The van der Waals surface area contributed by atoms with Crippen LogP contribution in [0, 0.1) is 11.7 Å². The Morgan fingerprint density at radius 2 is 1.96 bits per heavy atom. The van der Waals surface area contributed by atoms with Gasteiger partial charge in [0.25, 0.3) is 5.92 Å². The number of ether oxygens (including phenoxy) is 1. The number of fused-ring (bicyclic) bond motifs is 2. The standard InChI is InChI=1S/C17H19F3O3/c1-15(2,3)23-14(22)10-8-16(10)6-7-17(19,20)9-4-5-11(21)13(18)12(9)16/h4-5,10,21H,6-8H2,1-3H3/t10-,16+/m0/s1. The molecule has 0 heterocycles. The number of hydrogen-bond donors (Lipinski definition) is 1. The summed E-state index contributed by atoms with van der Waals surface area (Å²) >= 11 is 0. The Kier molecular flexibility index (Phi) is 3.26. The number of esters is 1. The minimum Gasteiger partial charge on any atom is -0.505 e. The van der Waals surface area contributed by atoms with Crippen LogP contribution in [0.5, 0.6) is 5.75 Å². The molecule has 1 fully saturated rings. The summed E-state index contributed by atoms with van der Waals surface area (Å²) in [6, 6.07) is 1.99. The Morgan fingerprint density at radius 3 is 2.57 bits per heavy atom. The first-order valence-electron chi connectivity index (χ1n) is 7.61. The van der Waals surface area contributed by atoms with Gasteiger partial charge in [0, 0.05) is 23.0 Å². The number of hydrogen-bond acceptors (Lipinski definition) is 3. The van der Waals surface area contributed by atoms with E-state index in [0.29, 0.717) is 0 Å². The molecular formula is C17H19F3O3. The molecule has 0 amide bonds. The molecule has 0 unspecified atom stereocenters. The molecule has 0 bridgehead atoms. The molecule has 126 valence electrons. The molecule has 3 rings (SSSR count). The zero-order valence-electron chi connectivity index (χ0n) is 13.3. The number of aromatic hydroxyl groups is 1. The van der Waals surface area contributed by atoms with Gasteiger partial charge in [-0.2, -0.15) is 0 Å². The number of phenols is 1. The summed E-state index contributed by atoms with van der Waals surface area (Å²) < 4.78 is 47.9. The molecule has 0 radical (unpaired) electrons. The van der Waals surface area contributed by atoms with Crippen LogP contribution in [0.2, 0.25) is 0 Å². The van der Waals surface area contributed by atoms with Gasteiger partial charge in [-0.1, -0.05) is 0 Å². The first-order valence-corrected chi connectivity index (χ1v) is 7.61. The third-order valence-electron chi connectivity index (χ3n) is 4.67. The average molecular weight is 328 g/mol. The topological polar surface area (TPSA) is 46.5 Å². The Bertz CT molecular complexity index is 678. The molecule has 0 aliphatic heterocycles. The van der Waals surface area contributed by atoms with E-state index >= 15 is 0 Å². The van der Waals surface area contributed by atoms with Crippen LogP contribution in [0.3, 0.4) is 0 Å². The van der Waals surface area contributed by atoms with E-state index in [2.05, 4.69) is 0 Å². The molecule has 1 spiro atoms. The van der Waals surface area contributed by atoms with Crippen LogP contribution in [-0.2, 0) is 20.9 Å². The highest BCUT2D eigenvalue weighted by atomic mass is 19.3. The number of carbonyl (C=O) groups is 1.